The normalized spacial score (nSPS) is 25.2. The van der Waals surface area contributed by atoms with Gasteiger partial charge in [0.1, 0.15) is 0 Å². The van der Waals surface area contributed by atoms with E-state index in [0.29, 0.717) is 18.5 Å². The van der Waals surface area contributed by atoms with Crippen molar-refractivity contribution >= 4 is 33.4 Å². The van der Waals surface area contributed by atoms with E-state index in [1.165, 1.54) is 4.90 Å². The van der Waals surface area contributed by atoms with Crippen molar-refractivity contribution in [3.8, 4) is 0 Å². The van der Waals surface area contributed by atoms with Crippen LogP contribution in [-0.2, 0) is 9.59 Å². The minimum Gasteiger partial charge on any atom is -0.274 e. The molecule has 1 aromatic rings. The first-order chi connectivity index (χ1) is 9.50. The number of carbonyl (C=O) groups excluding carboxylic acids is 2. The van der Waals surface area contributed by atoms with E-state index in [2.05, 4.69) is 15.9 Å². The summed E-state index contributed by atoms with van der Waals surface area (Å²) in [7, 11) is 0. The van der Waals surface area contributed by atoms with E-state index in [-0.39, 0.29) is 23.7 Å². The van der Waals surface area contributed by atoms with Crippen LogP contribution in [0.1, 0.15) is 24.0 Å². The Morgan fingerprint density at radius 1 is 1.00 bits per heavy atom. The lowest BCUT2D eigenvalue weighted by Gasteiger charge is -2.17. The molecule has 0 radical (unpaired) electrons. The Bertz CT molecular complexity index is 586. The molecule has 0 aromatic heterocycles. The van der Waals surface area contributed by atoms with E-state index < -0.39 is 0 Å². The Kier molecular flexibility index (Phi) is 3.28. The molecular formula is C16H16BrNO2. The highest BCUT2D eigenvalue weighted by Gasteiger charge is 2.47. The molecule has 0 unspecified atom stereocenters. The summed E-state index contributed by atoms with van der Waals surface area (Å²) in [5.41, 5.74) is 2.77. The standard InChI is InChI=1S/C16H16BrNO2/c1-9-7-11(8-10(2)14(9)17)18-15(19)12-5-3-4-6-13(12)16(18)20/h3-4,7-8,12-13H,5-6H2,1-2H3/t12-,13-/m1/s1. The molecule has 0 spiro atoms. The molecule has 1 saturated heterocycles. The number of halogens is 1. The number of nitrogens with zero attached hydrogens (tertiary/aromatic N) is 1. The van der Waals surface area contributed by atoms with Crippen LogP contribution in [0.4, 0.5) is 5.69 Å². The summed E-state index contributed by atoms with van der Waals surface area (Å²) in [5.74, 6) is -0.440. The zero-order valence-electron chi connectivity index (χ0n) is 11.5. The van der Waals surface area contributed by atoms with Gasteiger partial charge in [-0.25, -0.2) is 0 Å². The lowest BCUT2D eigenvalue weighted by Crippen LogP contribution is -2.31. The molecule has 1 heterocycles. The summed E-state index contributed by atoms with van der Waals surface area (Å²) in [5, 5.41) is 0. The fourth-order valence-corrected chi connectivity index (χ4v) is 3.34. The number of benzene rings is 1. The molecule has 1 aromatic carbocycles. The number of amides is 2. The monoisotopic (exact) mass is 333 g/mol. The van der Waals surface area contributed by atoms with Crippen molar-refractivity contribution in [3.63, 3.8) is 0 Å². The van der Waals surface area contributed by atoms with E-state index in [4.69, 9.17) is 0 Å². The second kappa shape index (κ2) is 4.85. The number of carbonyl (C=O) groups is 2. The molecule has 1 fully saturated rings. The SMILES string of the molecule is Cc1cc(N2C(=O)[C@@H]3CC=CC[C@H]3C2=O)cc(C)c1Br. The number of hydrogen-bond donors (Lipinski definition) is 0. The average Bonchev–Trinajstić information content (AvgIpc) is 2.68. The Hall–Kier alpha value is -1.42. The van der Waals surface area contributed by atoms with Crippen molar-refractivity contribution in [1.29, 1.82) is 0 Å². The zero-order chi connectivity index (χ0) is 14.4. The Balaban J connectivity index is 2.03. The van der Waals surface area contributed by atoms with Crippen molar-refractivity contribution in [1.82, 2.24) is 0 Å². The van der Waals surface area contributed by atoms with E-state index in [0.717, 1.165) is 15.6 Å². The molecule has 2 amide bonds. The predicted molar refractivity (Wildman–Crippen MR) is 81.5 cm³/mol. The van der Waals surface area contributed by atoms with Crippen LogP contribution in [0.5, 0.6) is 0 Å². The summed E-state index contributed by atoms with van der Waals surface area (Å²) in [6, 6.07) is 3.80. The first kappa shape index (κ1) is 13.6. The highest BCUT2D eigenvalue weighted by molar-refractivity contribution is 9.10. The number of imide groups is 1. The smallest absolute Gasteiger partial charge is 0.238 e. The summed E-state index contributed by atoms with van der Waals surface area (Å²) in [6.45, 7) is 3.94. The topological polar surface area (TPSA) is 37.4 Å². The van der Waals surface area contributed by atoms with Gasteiger partial charge in [0.2, 0.25) is 11.8 Å². The van der Waals surface area contributed by atoms with Gasteiger partial charge in [-0.15, -0.1) is 0 Å². The van der Waals surface area contributed by atoms with Gasteiger partial charge in [-0.3, -0.25) is 14.5 Å². The molecule has 1 aliphatic carbocycles. The maximum Gasteiger partial charge on any atom is 0.238 e. The number of anilines is 1. The lowest BCUT2D eigenvalue weighted by atomic mass is 9.85. The molecule has 4 heteroatoms. The molecule has 2 atom stereocenters. The summed E-state index contributed by atoms with van der Waals surface area (Å²) in [6.07, 6.45) is 5.38. The highest BCUT2D eigenvalue weighted by Crippen LogP contribution is 2.39. The predicted octanol–water partition coefficient (Wildman–Crippen LogP) is 3.52. The van der Waals surface area contributed by atoms with Crippen LogP contribution in [-0.4, -0.2) is 11.8 Å². The van der Waals surface area contributed by atoms with Gasteiger partial charge in [0, 0.05) is 4.47 Å². The van der Waals surface area contributed by atoms with Gasteiger partial charge in [0.25, 0.3) is 0 Å². The second-order valence-corrected chi connectivity index (χ2v) is 6.35. The van der Waals surface area contributed by atoms with Gasteiger partial charge in [-0.05, 0) is 49.9 Å². The highest BCUT2D eigenvalue weighted by atomic mass is 79.9. The number of aryl methyl sites for hydroxylation is 2. The van der Waals surface area contributed by atoms with E-state index in [9.17, 15) is 9.59 Å². The van der Waals surface area contributed by atoms with E-state index in [1.807, 2.05) is 38.1 Å². The molecule has 1 aliphatic heterocycles. The van der Waals surface area contributed by atoms with Gasteiger partial charge in [-0.2, -0.15) is 0 Å². The van der Waals surface area contributed by atoms with E-state index in [1.54, 1.807) is 0 Å². The number of fused-ring (bicyclic) bond motifs is 1. The van der Waals surface area contributed by atoms with Crippen LogP contribution in [0.25, 0.3) is 0 Å². The molecule has 104 valence electrons. The van der Waals surface area contributed by atoms with Crippen LogP contribution in [0, 0.1) is 25.7 Å². The van der Waals surface area contributed by atoms with Crippen molar-refractivity contribution < 1.29 is 9.59 Å². The van der Waals surface area contributed by atoms with Gasteiger partial charge in [0.05, 0.1) is 17.5 Å². The van der Waals surface area contributed by atoms with Crippen molar-refractivity contribution in [2.75, 3.05) is 4.90 Å². The number of rotatable bonds is 1. The third-order valence-corrected chi connectivity index (χ3v) is 5.44. The fourth-order valence-electron chi connectivity index (χ4n) is 3.11. The first-order valence-corrected chi connectivity index (χ1v) is 7.59. The maximum absolute atomic E-state index is 12.5. The minimum absolute atomic E-state index is 0.0505. The molecule has 3 nitrogen and oxygen atoms in total. The third kappa shape index (κ3) is 1.94. The van der Waals surface area contributed by atoms with Crippen LogP contribution < -0.4 is 4.90 Å². The Morgan fingerprint density at radius 3 is 1.90 bits per heavy atom. The summed E-state index contributed by atoms with van der Waals surface area (Å²) in [4.78, 5) is 26.4. The van der Waals surface area contributed by atoms with Gasteiger partial charge >= 0.3 is 0 Å². The van der Waals surface area contributed by atoms with Crippen molar-refractivity contribution in [2.24, 2.45) is 11.8 Å². The van der Waals surface area contributed by atoms with Gasteiger partial charge in [-0.1, -0.05) is 28.1 Å². The molecule has 0 bridgehead atoms. The number of hydrogen-bond acceptors (Lipinski definition) is 2. The van der Waals surface area contributed by atoms with Crippen LogP contribution in [0.15, 0.2) is 28.8 Å². The average molecular weight is 334 g/mol. The van der Waals surface area contributed by atoms with Crippen molar-refractivity contribution in [3.05, 3.63) is 39.9 Å². The molecular weight excluding hydrogens is 318 g/mol. The minimum atomic E-state index is -0.170. The largest absolute Gasteiger partial charge is 0.274 e. The third-order valence-electron chi connectivity index (χ3n) is 4.19. The molecule has 0 N–H and O–H groups in total. The quantitative estimate of drug-likeness (QED) is 0.582. The summed E-state index contributed by atoms with van der Waals surface area (Å²) < 4.78 is 1.03. The lowest BCUT2D eigenvalue weighted by molar-refractivity contribution is -0.122. The second-order valence-electron chi connectivity index (χ2n) is 5.56. The zero-order valence-corrected chi connectivity index (χ0v) is 13.1. The molecule has 20 heavy (non-hydrogen) atoms. The first-order valence-electron chi connectivity index (χ1n) is 6.80. The van der Waals surface area contributed by atoms with Crippen molar-refractivity contribution in [2.45, 2.75) is 26.7 Å². The molecule has 0 saturated carbocycles. The maximum atomic E-state index is 12.5. The van der Waals surface area contributed by atoms with Crippen LogP contribution in [0.2, 0.25) is 0 Å². The van der Waals surface area contributed by atoms with Gasteiger partial charge < -0.3 is 0 Å². The van der Waals surface area contributed by atoms with Gasteiger partial charge in [0.15, 0.2) is 0 Å². The number of allylic oxidation sites excluding steroid dienone is 2. The molecule has 3 rings (SSSR count). The van der Waals surface area contributed by atoms with Crippen LogP contribution in [0.3, 0.4) is 0 Å². The Morgan fingerprint density at radius 2 is 1.45 bits per heavy atom. The molecule has 2 aliphatic rings. The Labute approximate surface area is 126 Å². The summed E-state index contributed by atoms with van der Waals surface area (Å²) >= 11 is 3.51. The van der Waals surface area contributed by atoms with E-state index >= 15 is 0 Å². The fraction of sp³-hybridized carbons (Fsp3) is 0.375. The van der Waals surface area contributed by atoms with Crippen LogP contribution >= 0.6 is 15.9 Å².